The quantitative estimate of drug-likeness (QED) is 0.433. The van der Waals surface area contributed by atoms with Crippen LogP contribution in [-0.2, 0) is 37.2 Å². The number of hydrogen-bond donors (Lipinski definition) is 0. The zero-order valence-corrected chi connectivity index (χ0v) is 6.78. The minimum Gasteiger partial charge on any atom is -0.187 e. The van der Waals surface area contributed by atoms with Crippen LogP contribution in [0.1, 0.15) is 0 Å². The van der Waals surface area contributed by atoms with E-state index in [2.05, 4.69) is 7.57 Å². The molecule has 0 heterocycles. The third-order valence-electron chi connectivity index (χ3n) is 0. The molecule has 26 valence electrons. The fourth-order valence-corrected chi connectivity index (χ4v) is 0. The van der Waals surface area contributed by atoms with Crippen molar-refractivity contribution in [3.05, 3.63) is 0 Å². The van der Waals surface area contributed by atoms with Gasteiger partial charge in [-0.1, -0.05) is 0 Å². The average molecular weight is 289 g/mol. The predicted octanol–water partition coefficient (Wildman–Crippen LogP) is -0.0600. The van der Waals surface area contributed by atoms with Crippen LogP contribution in [0.15, 0.2) is 0 Å². The molecule has 0 bridgehead atoms. The summed E-state index contributed by atoms with van der Waals surface area (Å²) in [4.78, 5) is 0. The Balaban J connectivity index is -0.00000000500. The molecule has 0 aromatic heterocycles. The maximum Gasteiger partial charge on any atom is 0.0996 e. The molecule has 0 aromatic carbocycles. The Labute approximate surface area is 53.9 Å². The van der Waals surface area contributed by atoms with Gasteiger partial charge in [-0.15, -0.1) is 0 Å². The summed E-state index contributed by atoms with van der Waals surface area (Å²) in [7, 11) is 6.33. The van der Waals surface area contributed by atoms with E-state index in [1.54, 1.807) is 0 Å². The van der Waals surface area contributed by atoms with Gasteiger partial charge in [-0.3, -0.25) is 0 Å². The Morgan fingerprint density at radius 1 is 1.25 bits per heavy atom. The van der Waals surface area contributed by atoms with Crippen molar-refractivity contribution < 1.29 is 37.2 Å². The van der Waals surface area contributed by atoms with E-state index in [1.165, 1.54) is 0 Å². The smallest absolute Gasteiger partial charge is 0.0996 e. The maximum atomic E-state index is 4.42. The molecule has 0 N–H and O–H groups in total. The van der Waals surface area contributed by atoms with E-state index in [9.17, 15) is 0 Å². The topological polar surface area (TPSA) is 0 Å². The van der Waals surface area contributed by atoms with E-state index < -0.39 is 0 Å². The molecule has 0 spiro atoms. The molecular formula is H2BCoPRe. The zero-order valence-electron chi connectivity index (χ0n) is 1.87. The summed E-state index contributed by atoms with van der Waals surface area (Å²) in [6.45, 7) is 0. The van der Waals surface area contributed by atoms with Crippen LogP contribution in [0, 0.1) is 0 Å². The van der Waals surface area contributed by atoms with Gasteiger partial charge >= 0.3 is 0 Å². The summed E-state index contributed by atoms with van der Waals surface area (Å²) in [6, 6.07) is 0. The Hall–Kier alpha value is 1.66. The molecule has 1 atom stereocenters. The molecule has 0 saturated heterocycles. The molecule has 4 radical (unpaired) electrons. The Morgan fingerprint density at radius 2 is 1.25 bits per heavy atom. The van der Waals surface area contributed by atoms with Gasteiger partial charge in [-0.2, -0.15) is 9.12 Å². The van der Waals surface area contributed by atoms with Gasteiger partial charge in [0.05, 0.1) is 7.57 Å². The van der Waals surface area contributed by atoms with E-state index in [-0.39, 0.29) is 37.2 Å². The Kier molecular flexibility index (Phi) is 98.2. The van der Waals surface area contributed by atoms with Crippen LogP contribution in [0.2, 0.25) is 0 Å². The van der Waals surface area contributed by atoms with Crippen molar-refractivity contribution in [2.45, 2.75) is 0 Å². The van der Waals surface area contributed by atoms with Crippen LogP contribution in [0.4, 0.5) is 0 Å². The first-order valence-electron chi connectivity index (χ1n) is 0.333. The van der Waals surface area contributed by atoms with Crippen LogP contribution in [0.25, 0.3) is 0 Å². The van der Waals surface area contributed by atoms with Gasteiger partial charge in [0.2, 0.25) is 0 Å². The normalized spacial score (nSPS) is 1.25. The second-order valence-corrected chi connectivity index (χ2v) is 0. The van der Waals surface area contributed by atoms with Crippen molar-refractivity contribution in [3.63, 3.8) is 0 Å². The number of rotatable bonds is 0. The minimum absolute atomic E-state index is 0. The second-order valence-electron chi connectivity index (χ2n) is 0. The van der Waals surface area contributed by atoms with Crippen molar-refractivity contribution in [1.29, 1.82) is 0 Å². The minimum atomic E-state index is 0. The first kappa shape index (κ1) is 17.4. The van der Waals surface area contributed by atoms with E-state index in [0.29, 0.717) is 0 Å². The summed E-state index contributed by atoms with van der Waals surface area (Å²) in [5.41, 5.74) is 0. The van der Waals surface area contributed by atoms with Gasteiger partial charge in [0, 0.05) is 37.2 Å². The molecule has 0 rings (SSSR count). The molecule has 4 heavy (non-hydrogen) atoms. The molecule has 0 aliphatic heterocycles. The molecule has 0 aromatic rings. The standard InChI is InChI=1S/BH2P.Co.Re/c1-2;;/h2H2;;. The van der Waals surface area contributed by atoms with Crippen LogP contribution < -0.4 is 0 Å². The molecule has 0 aliphatic carbocycles. The SMILES string of the molecule is [B]P.[Co].[Re]. The summed E-state index contributed by atoms with van der Waals surface area (Å²) in [5.74, 6) is 0. The maximum absolute atomic E-state index is 4.42. The van der Waals surface area contributed by atoms with E-state index in [1.807, 2.05) is 9.12 Å². The van der Waals surface area contributed by atoms with Gasteiger partial charge in [0.25, 0.3) is 0 Å². The van der Waals surface area contributed by atoms with E-state index in [0.717, 1.165) is 0 Å². The van der Waals surface area contributed by atoms with Gasteiger partial charge in [-0.05, 0) is 0 Å². The summed E-state index contributed by atoms with van der Waals surface area (Å²) in [5, 5.41) is 0. The molecule has 0 saturated carbocycles. The molecule has 0 fully saturated rings. The molecule has 0 aliphatic rings. The molecule has 1 unspecified atom stereocenters. The van der Waals surface area contributed by atoms with Gasteiger partial charge in [0.1, 0.15) is 0 Å². The second kappa shape index (κ2) is 22.6. The molecule has 0 amide bonds. The average Bonchev–Trinajstić information content (AvgIpc) is 1.00. The van der Waals surface area contributed by atoms with Crippen molar-refractivity contribution in [1.82, 2.24) is 0 Å². The van der Waals surface area contributed by atoms with E-state index >= 15 is 0 Å². The Bertz CT molecular complexity index is 8.00. The van der Waals surface area contributed by atoms with E-state index in [4.69, 9.17) is 0 Å². The Morgan fingerprint density at radius 3 is 1.25 bits per heavy atom. The predicted molar refractivity (Wildman–Crippen MR) is 15.5 cm³/mol. The molecule has 4 heteroatoms. The summed E-state index contributed by atoms with van der Waals surface area (Å²) >= 11 is 0. The fourth-order valence-electron chi connectivity index (χ4n) is 0. The van der Waals surface area contributed by atoms with Crippen molar-refractivity contribution >= 4 is 16.7 Å². The third-order valence-corrected chi connectivity index (χ3v) is 0. The van der Waals surface area contributed by atoms with Crippen LogP contribution in [0.3, 0.4) is 0 Å². The van der Waals surface area contributed by atoms with Crippen molar-refractivity contribution in [2.75, 3.05) is 0 Å². The van der Waals surface area contributed by atoms with Crippen LogP contribution in [-0.4, -0.2) is 7.57 Å². The summed E-state index contributed by atoms with van der Waals surface area (Å²) in [6.07, 6.45) is 0. The summed E-state index contributed by atoms with van der Waals surface area (Å²) < 4.78 is 0. The monoisotopic (exact) mass is 290 g/mol. The largest absolute Gasteiger partial charge is 0.187 e. The first-order valence-corrected chi connectivity index (χ1v) is 1.00. The zero-order chi connectivity index (χ0) is 2.00. The number of hydrogen-bond acceptors (Lipinski definition) is 0. The van der Waals surface area contributed by atoms with Crippen molar-refractivity contribution in [2.24, 2.45) is 0 Å². The molecule has 0 nitrogen and oxygen atoms in total. The third kappa shape index (κ3) is 9.39. The van der Waals surface area contributed by atoms with Gasteiger partial charge in [0.15, 0.2) is 0 Å². The van der Waals surface area contributed by atoms with Crippen LogP contribution >= 0.6 is 9.12 Å². The first-order chi connectivity index (χ1) is 1.00. The van der Waals surface area contributed by atoms with Gasteiger partial charge in [-0.25, -0.2) is 0 Å². The van der Waals surface area contributed by atoms with Gasteiger partial charge < -0.3 is 0 Å². The molecular weight excluding hydrogens is 287 g/mol. The van der Waals surface area contributed by atoms with Crippen LogP contribution in [0.5, 0.6) is 0 Å². The fraction of sp³-hybridized carbons (Fsp3) is 0. The van der Waals surface area contributed by atoms with Crippen molar-refractivity contribution in [3.8, 4) is 0 Å².